The van der Waals surface area contributed by atoms with Crippen molar-refractivity contribution in [3.8, 4) is 0 Å². The number of benzene rings is 2. The minimum atomic E-state index is -4.10. The fraction of sp³-hybridized carbons (Fsp3) is 0. The third-order valence-electron chi connectivity index (χ3n) is 2.76. The molecule has 0 N–H and O–H groups in total. The quantitative estimate of drug-likeness (QED) is 0.776. The molecule has 0 fully saturated rings. The summed E-state index contributed by atoms with van der Waals surface area (Å²) in [6.07, 6.45) is 0. The van der Waals surface area contributed by atoms with Crippen LogP contribution in [0.5, 0.6) is 0 Å². The highest BCUT2D eigenvalue weighted by molar-refractivity contribution is 8.05. The Bertz CT molecular complexity index is 720. The summed E-state index contributed by atoms with van der Waals surface area (Å²) in [6, 6.07) is 14.9. The standard InChI is InChI=1S/C12H12BNO4S2/c13-14(19(15,16)11-7-3-1-4-8-11)20(17,18)12-9-5-2-6-10-12/h1-10H,13H2. The normalized spacial score (nSPS) is 12.4. The first-order valence-corrected chi connectivity index (χ1v) is 8.59. The summed E-state index contributed by atoms with van der Waals surface area (Å²) >= 11 is 0. The first-order valence-electron chi connectivity index (χ1n) is 5.71. The Morgan fingerprint density at radius 3 is 1.25 bits per heavy atom. The molecule has 0 saturated carbocycles. The van der Waals surface area contributed by atoms with Crippen molar-refractivity contribution in [2.45, 2.75) is 9.79 Å². The molecule has 0 saturated heterocycles. The molecule has 5 nitrogen and oxygen atoms in total. The lowest BCUT2D eigenvalue weighted by Crippen LogP contribution is -2.34. The predicted molar refractivity (Wildman–Crippen MR) is 77.6 cm³/mol. The largest absolute Gasteiger partial charge is 0.245 e. The lowest BCUT2D eigenvalue weighted by atomic mass is 10.4. The summed E-state index contributed by atoms with van der Waals surface area (Å²) in [5.41, 5.74) is 0. The van der Waals surface area contributed by atoms with Crippen molar-refractivity contribution in [2.75, 3.05) is 0 Å². The minimum absolute atomic E-state index is 0.0676. The van der Waals surface area contributed by atoms with Gasteiger partial charge in [-0.25, -0.2) is 16.8 Å². The van der Waals surface area contributed by atoms with Gasteiger partial charge in [0.1, 0.15) is 0 Å². The highest BCUT2D eigenvalue weighted by atomic mass is 32.3. The fourth-order valence-electron chi connectivity index (χ4n) is 1.61. The molecule has 0 radical (unpaired) electrons. The van der Waals surface area contributed by atoms with Crippen LogP contribution in [0.25, 0.3) is 0 Å². The summed E-state index contributed by atoms with van der Waals surface area (Å²) in [6.45, 7) is 0. The molecule has 0 spiro atoms. The number of nitrogens with zero attached hydrogens (tertiary/aromatic N) is 1. The lowest BCUT2D eigenvalue weighted by Gasteiger charge is -2.18. The van der Waals surface area contributed by atoms with Crippen LogP contribution in [0.15, 0.2) is 70.5 Å². The van der Waals surface area contributed by atoms with Gasteiger partial charge in [0, 0.05) is 0 Å². The Morgan fingerprint density at radius 1 is 0.650 bits per heavy atom. The van der Waals surface area contributed by atoms with Crippen LogP contribution < -0.4 is 0 Å². The van der Waals surface area contributed by atoms with Crippen molar-refractivity contribution in [3.05, 3.63) is 60.7 Å². The van der Waals surface area contributed by atoms with E-state index in [9.17, 15) is 16.8 Å². The van der Waals surface area contributed by atoms with Gasteiger partial charge in [0.05, 0.1) is 9.79 Å². The van der Waals surface area contributed by atoms with Crippen molar-refractivity contribution in [3.63, 3.8) is 0 Å². The van der Waals surface area contributed by atoms with Gasteiger partial charge in [-0.2, -0.15) is 0 Å². The molecule has 0 aliphatic rings. The van der Waals surface area contributed by atoms with Crippen molar-refractivity contribution in [1.82, 2.24) is 3.62 Å². The number of rotatable bonds is 4. The second-order valence-electron chi connectivity index (χ2n) is 4.02. The van der Waals surface area contributed by atoms with Crippen molar-refractivity contribution in [2.24, 2.45) is 0 Å². The SMILES string of the molecule is BN(S(=O)(=O)c1ccccc1)S(=O)(=O)c1ccccc1. The third kappa shape index (κ3) is 2.62. The van der Waals surface area contributed by atoms with Crippen LogP contribution >= 0.6 is 0 Å². The highest BCUT2D eigenvalue weighted by Gasteiger charge is 2.31. The van der Waals surface area contributed by atoms with Crippen molar-refractivity contribution >= 4 is 28.0 Å². The van der Waals surface area contributed by atoms with Crippen LogP contribution in [0.2, 0.25) is 0 Å². The summed E-state index contributed by atoms with van der Waals surface area (Å²) in [5.74, 6) is 0. The van der Waals surface area contributed by atoms with E-state index in [1.807, 2.05) is 0 Å². The van der Waals surface area contributed by atoms with Gasteiger partial charge in [0.25, 0.3) is 0 Å². The zero-order chi connectivity index (χ0) is 14.8. The Labute approximate surface area is 119 Å². The number of hydrogen-bond acceptors (Lipinski definition) is 4. The molecule has 2 rings (SSSR count). The van der Waals surface area contributed by atoms with Gasteiger partial charge in [0.2, 0.25) is 28.0 Å². The van der Waals surface area contributed by atoms with E-state index >= 15 is 0 Å². The Hall–Kier alpha value is -1.64. The first-order chi connectivity index (χ1) is 9.37. The smallest absolute Gasteiger partial charge is 0.207 e. The third-order valence-corrected chi connectivity index (χ3v) is 7.03. The molecule has 0 heterocycles. The Balaban J connectivity index is 2.49. The molecule has 2 aromatic carbocycles. The van der Waals surface area contributed by atoms with Gasteiger partial charge in [-0.3, -0.25) is 0 Å². The van der Waals surface area contributed by atoms with Gasteiger partial charge >= 0.3 is 0 Å². The minimum Gasteiger partial charge on any atom is -0.207 e. The number of sulfonamides is 2. The molecular formula is C12H12BNO4S2. The second-order valence-corrected chi connectivity index (χ2v) is 8.19. The summed E-state index contributed by atoms with van der Waals surface area (Å²) in [7, 11) is -7.17. The molecule has 0 bridgehead atoms. The molecular weight excluding hydrogens is 297 g/mol. The molecule has 2 aromatic rings. The average molecular weight is 309 g/mol. The van der Waals surface area contributed by atoms with E-state index < -0.39 is 20.0 Å². The van der Waals surface area contributed by atoms with Gasteiger partial charge in [-0.05, 0) is 24.3 Å². The zero-order valence-electron chi connectivity index (χ0n) is 10.7. The molecule has 0 aliphatic carbocycles. The van der Waals surface area contributed by atoms with E-state index in [1.165, 1.54) is 48.5 Å². The van der Waals surface area contributed by atoms with Crippen LogP contribution in [-0.2, 0) is 20.0 Å². The van der Waals surface area contributed by atoms with Crippen molar-refractivity contribution < 1.29 is 16.8 Å². The van der Waals surface area contributed by atoms with Gasteiger partial charge in [-0.1, -0.05) is 36.4 Å². The molecule has 0 aromatic heterocycles. The Kier molecular flexibility index (Phi) is 3.98. The van der Waals surface area contributed by atoms with E-state index in [4.69, 9.17) is 0 Å². The second kappa shape index (κ2) is 5.39. The summed E-state index contributed by atoms with van der Waals surface area (Å²) in [5, 5.41) is 0. The van der Waals surface area contributed by atoms with E-state index in [0.717, 1.165) is 7.98 Å². The van der Waals surface area contributed by atoms with E-state index in [0.29, 0.717) is 3.62 Å². The van der Waals surface area contributed by atoms with Crippen LogP contribution in [0, 0.1) is 0 Å². The number of hydrogen-bond donors (Lipinski definition) is 0. The first kappa shape index (κ1) is 14.8. The monoisotopic (exact) mass is 309 g/mol. The highest BCUT2D eigenvalue weighted by Crippen LogP contribution is 2.21. The van der Waals surface area contributed by atoms with Crippen LogP contribution in [0.4, 0.5) is 0 Å². The molecule has 0 unspecified atom stereocenters. The van der Waals surface area contributed by atoms with Gasteiger partial charge in [-0.15, -0.1) is 3.62 Å². The maximum absolute atomic E-state index is 12.3. The summed E-state index contributed by atoms with van der Waals surface area (Å²) < 4.78 is 49.6. The van der Waals surface area contributed by atoms with Gasteiger partial charge in [0.15, 0.2) is 0 Å². The summed E-state index contributed by atoms with van der Waals surface area (Å²) in [4.78, 5) is -0.135. The fourth-order valence-corrected chi connectivity index (χ4v) is 4.76. The van der Waals surface area contributed by atoms with Crippen LogP contribution in [0.1, 0.15) is 0 Å². The van der Waals surface area contributed by atoms with Crippen LogP contribution in [-0.4, -0.2) is 28.4 Å². The molecule has 104 valence electrons. The van der Waals surface area contributed by atoms with E-state index in [-0.39, 0.29) is 9.79 Å². The lowest BCUT2D eigenvalue weighted by molar-refractivity contribution is 0.552. The molecule has 20 heavy (non-hydrogen) atoms. The Morgan fingerprint density at radius 2 is 0.950 bits per heavy atom. The zero-order valence-corrected chi connectivity index (χ0v) is 12.3. The topological polar surface area (TPSA) is 71.5 Å². The van der Waals surface area contributed by atoms with Gasteiger partial charge < -0.3 is 0 Å². The molecule has 8 heteroatoms. The average Bonchev–Trinajstić information content (AvgIpc) is 2.48. The molecule has 0 amide bonds. The molecule has 0 atom stereocenters. The van der Waals surface area contributed by atoms with E-state index in [1.54, 1.807) is 12.1 Å². The molecule has 0 aliphatic heterocycles. The maximum Gasteiger partial charge on any atom is 0.245 e. The van der Waals surface area contributed by atoms with Crippen molar-refractivity contribution in [1.29, 1.82) is 0 Å². The maximum atomic E-state index is 12.3. The van der Waals surface area contributed by atoms with E-state index in [2.05, 4.69) is 0 Å². The predicted octanol–water partition coefficient (Wildman–Crippen LogP) is 0.614. The van der Waals surface area contributed by atoms with Crippen LogP contribution in [0.3, 0.4) is 0 Å².